The lowest BCUT2D eigenvalue weighted by Gasteiger charge is -2.15. The molecule has 7 nitrogen and oxygen atoms in total. The van der Waals surface area contributed by atoms with Gasteiger partial charge in [0.2, 0.25) is 11.6 Å². The summed E-state index contributed by atoms with van der Waals surface area (Å²) in [5, 5.41) is 0. The van der Waals surface area contributed by atoms with E-state index in [9.17, 15) is 18.0 Å². The minimum Gasteiger partial charge on any atom is -0.496 e. The summed E-state index contributed by atoms with van der Waals surface area (Å²) in [5.41, 5.74) is 7.29. The molecule has 5 rings (SSSR count). The Morgan fingerprint density at radius 2 is 1.46 bits per heavy atom. The number of methoxy groups -OCH3 is 1. The third-order valence-corrected chi connectivity index (χ3v) is 10.2. The monoisotopic (exact) mass is 672 g/mol. The molecule has 0 atom stereocenters. The second-order valence-corrected chi connectivity index (χ2v) is 19.0. The number of rotatable bonds is 8. The highest BCUT2D eigenvalue weighted by atomic mass is 32.2. The fourth-order valence-electron chi connectivity index (χ4n) is 5.24. The van der Waals surface area contributed by atoms with E-state index in [2.05, 4.69) is 42.9 Å². The maximum Gasteiger partial charge on any atom is 0.268 e. The standard InChI is InChI=1S/C39H36N2O5SSi/c1-8-10-29-14-18-32(28(3)25-29)39(43)37-34(20-23-41(37)47(44,45)31-16-12-27(2)13-17-31)40-22-9-11-35(40)38(42)33-19-15-30(26-36(33)46-4)21-24-48(5,6)7/h9,11-20,22-23,25-26H,1-7H3. The minimum absolute atomic E-state index is 0.0282. The molecule has 9 heteroatoms. The third kappa shape index (κ3) is 6.84. The van der Waals surface area contributed by atoms with Crippen molar-refractivity contribution >= 4 is 29.7 Å². The second kappa shape index (κ2) is 13.4. The summed E-state index contributed by atoms with van der Waals surface area (Å²) in [6.45, 7) is 11.8. The highest BCUT2D eigenvalue weighted by Crippen LogP contribution is 2.30. The van der Waals surface area contributed by atoms with E-state index in [0.29, 0.717) is 22.4 Å². The summed E-state index contributed by atoms with van der Waals surface area (Å²) >= 11 is 0. The first-order valence-corrected chi connectivity index (χ1v) is 20.2. The number of aryl methyl sites for hydroxylation is 2. The van der Waals surface area contributed by atoms with Gasteiger partial charge in [-0.05, 0) is 93.1 Å². The van der Waals surface area contributed by atoms with Gasteiger partial charge in [-0.15, -0.1) is 11.5 Å². The van der Waals surface area contributed by atoms with Gasteiger partial charge in [-0.2, -0.15) is 0 Å². The molecule has 3 aromatic carbocycles. The zero-order chi connectivity index (χ0) is 34.8. The van der Waals surface area contributed by atoms with Gasteiger partial charge in [0, 0.05) is 29.1 Å². The molecule has 5 aromatic rings. The molecule has 0 saturated carbocycles. The molecule has 242 valence electrons. The van der Waals surface area contributed by atoms with Crippen LogP contribution in [0.3, 0.4) is 0 Å². The highest BCUT2D eigenvalue weighted by Gasteiger charge is 2.30. The number of ketones is 2. The summed E-state index contributed by atoms with van der Waals surface area (Å²) in [6, 6.07) is 21.6. The Hall–Kier alpha value is -5.35. The van der Waals surface area contributed by atoms with Crippen LogP contribution in [-0.4, -0.2) is 43.7 Å². The third-order valence-electron chi connectivity index (χ3n) is 7.63. The Bertz CT molecular complexity index is 2300. The zero-order valence-electron chi connectivity index (χ0n) is 28.0. The number of hydrogen-bond acceptors (Lipinski definition) is 5. The number of carbonyl (C=O) groups excluding carboxylic acids is 2. The van der Waals surface area contributed by atoms with E-state index in [-0.39, 0.29) is 27.8 Å². The first-order valence-electron chi connectivity index (χ1n) is 15.3. The average molecular weight is 673 g/mol. The van der Waals surface area contributed by atoms with Crippen LogP contribution in [0.2, 0.25) is 19.6 Å². The van der Waals surface area contributed by atoms with Gasteiger partial charge in [0.25, 0.3) is 10.0 Å². The van der Waals surface area contributed by atoms with Crippen LogP contribution in [-0.2, 0) is 10.0 Å². The lowest BCUT2D eigenvalue weighted by Crippen LogP contribution is -2.21. The number of ether oxygens (including phenoxy) is 1. The fourth-order valence-corrected chi connectivity index (χ4v) is 7.10. The fraction of sp³-hybridized carbons (Fsp3) is 0.179. The molecule has 0 N–H and O–H groups in total. The summed E-state index contributed by atoms with van der Waals surface area (Å²) in [4.78, 5) is 28.6. The molecule has 0 aliphatic rings. The van der Waals surface area contributed by atoms with Crippen LogP contribution in [0.15, 0.2) is 96.2 Å². The highest BCUT2D eigenvalue weighted by molar-refractivity contribution is 7.90. The van der Waals surface area contributed by atoms with Crippen LogP contribution in [0.5, 0.6) is 5.75 Å². The van der Waals surface area contributed by atoms with Crippen LogP contribution in [0, 0.1) is 37.2 Å². The number of nitrogens with zero attached hydrogens (tertiary/aromatic N) is 2. The van der Waals surface area contributed by atoms with Gasteiger partial charge in [0.05, 0.1) is 29.0 Å². The SMILES string of the molecule is CC#Cc1ccc(C(=O)c2c(-n3cccc3C(=O)c3ccc(C#C[Si](C)(C)C)cc3OC)ccn2S(=O)(=O)c2ccc(C)cc2)c(C)c1. The molecule has 2 aromatic heterocycles. The summed E-state index contributed by atoms with van der Waals surface area (Å²) in [6.07, 6.45) is 2.99. The van der Waals surface area contributed by atoms with E-state index in [1.807, 2.05) is 6.92 Å². The van der Waals surface area contributed by atoms with E-state index in [1.54, 1.807) is 85.3 Å². The molecular weight excluding hydrogens is 637 g/mol. The smallest absolute Gasteiger partial charge is 0.268 e. The Labute approximate surface area is 283 Å². The van der Waals surface area contributed by atoms with Crippen LogP contribution in [0.25, 0.3) is 5.69 Å². The van der Waals surface area contributed by atoms with Crippen molar-refractivity contribution in [2.75, 3.05) is 7.11 Å². The molecule has 0 spiro atoms. The molecule has 0 unspecified atom stereocenters. The maximum absolute atomic E-state index is 14.4. The second-order valence-electron chi connectivity index (χ2n) is 12.4. The van der Waals surface area contributed by atoms with Crippen molar-refractivity contribution < 1.29 is 22.7 Å². The van der Waals surface area contributed by atoms with Crippen LogP contribution in [0.4, 0.5) is 0 Å². The molecule has 0 bridgehead atoms. The molecule has 0 aliphatic carbocycles. The molecule has 0 amide bonds. The van der Waals surface area contributed by atoms with Gasteiger partial charge < -0.3 is 9.30 Å². The Morgan fingerprint density at radius 3 is 2.08 bits per heavy atom. The van der Waals surface area contributed by atoms with E-state index in [4.69, 9.17) is 4.74 Å². The number of aromatic nitrogens is 2. The predicted molar refractivity (Wildman–Crippen MR) is 191 cm³/mol. The summed E-state index contributed by atoms with van der Waals surface area (Å²) in [7, 11) is -4.35. The quantitative estimate of drug-likeness (QED) is 0.0989. The average Bonchev–Trinajstić information content (AvgIpc) is 3.71. The lowest BCUT2D eigenvalue weighted by atomic mass is 9.99. The van der Waals surface area contributed by atoms with Crippen LogP contribution in [0.1, 0.15) is 61.3 Å². The predicted octanol–water partition coefficient (Wildman–Crippen LogP) is 7.20. The normalized spacial score (nSPS) is 11.2. The summed E-state index contributed by atoms with van der Waals surface area (Å²) < 4.78 is 36.3. The first-order chi connectivity index (χ1) is 22.7. The molecule has 2 heterocycles. The molecular formula is C39H36N2O5SSi. The van der Waals surface area contributed by atoms with Crippen molar-refractivity contribution in [3.63, 3.8) is 0 Å². The van der Waals surface area contributed by atoms with Crippen molar-refractivity contribution in [1.82, 2.24) is 8.54 Å². The first kappa shape index (κ1) is 34.0. The van der Waals surface area contributed by atoms with Gasteiger partial charge in [-0.1, -0.05) is 49.2 Å². The van der Waals surface area contributed by atoms with Crippen molar-refractivity contribution in [2.24, 2.45) is 0 Å². The van der Waals surface area contributed by atoms with E-state index in [0.717, 1.165) is 20.7 Å². The number of benzene rings is 3. The topological polar surface area (TPSA) is 87.4 Å². The van der Waals surface area contributed by atoms with Crippen LogP contribution >= 0.6 is 0 Å². The lowest BCUT2D eigenvalue weighted by molar-refractivity contribution is 0.101. The number of carbonyl (C=O) groups is 2. The Kier molecular flexibility index (Phi) is 9.49. The van der Waals surface area contributed by atoms with Crippen LogP contribution < -0.4 is 4.74 Å². The maximum atomic E-state index is 14.4. The van der Waals surface area contributed by atoms with E-state index < -0.39 is 23.9 Å². The molecule has 0 aliphatic heterocycles. The molecule has 0 saturated heterocycles. The van der Waals surface area contributed by atoms with Gasteiger partial charge in [0.15, 0.2) is 0 Å². The molecule has 0 fully saturated rings. The molecule has 0 radical (unpaired) electrons. The van der Waals surface area contributed by atoms with Crippen molar-refractivity contribution in [2.45, 2.75) is 45.3 Å². The number of hydrogen-bond donors (Lipinski definition) is 0. The van der Waals surface area contributed by atoms with Crippen molar-refractivity contribution in [3.05, 3.63) is 136 Å². The van der Waals surface area contributed by atoms with Gasteiger partial charge in [-0.25, -0.2) is 12.4 Å². The van der Waals surface area contributed by atoms with E-state index >= 15 is 0 Å². The van der Waals surface area contributed by atoms with Gasteiger partial charge in [-0.3, -0.25) is 9.59 Å². The zero-order valence-corrected chi connectivity index (χ0v) is 29.8. The molecule has 48 heavy (non-hydrogen) atoms. The largest absolute Gasteiger partial charge is 0.496 e. The minimum atomic E-state index is -4.21. The Morgan fingerprint density at radius 1 is 0.792 bits per heavy atom. The summed E-state index contributed by atoms with van der Waals surface area (Å²) in [5.74, 6) is 8.50. The van der Waals surface area contributed by atoms with Crippen molar-refractivity contribution in [1.29, 1.82) is 0 Å². The van der Waals surface area contributed by atoms with Crippen molar-refractivity contribution in [3.8, 4) is 34.7 Å². The van der Waals surface area contributed by atoms with Gasteiger partial charge in [0.1, 0.15) is 19.5 Å². The van der Waals surface area contributed by atoms with Gasteiger partial charge >= 0.3 is 0 Å². The Balaban J connectivity index is 1.68. The van der Waals surface area contributed by atoms with E-state index in [1.165, 1.54) is 31.5 Å².